The molecule has 0 unspecified atom stereocenters. The number of benzene rings is 2. The molecule has 1 amide bonds. The number of rotatable bonds is 7. The Balaban J connectivity index is 1.36. The lowest BCUT2D eigenvalue weighted by Gasteiger charge is -2.16. The molecule has 2 aromatic carbocycles. The van der Waals surface area contributed by atoms with Crippen LogP contribution >= 0.6 is 0 Å². The quantitative estimate of drug-likeness (QED) is 0.635. The van der Waals surface area contributed by atoms with Gasteiger partial charge in [0.15, 0.2) is 0 Å². The second-order valence-corrected chi connectivity index (χ2v) is 7.93. The van der Waals surface area contributed by atoms with E-state index >= 15 is 0 Å². The van der Waals surface area contributed by atoms with Gasteiger partial charge in [-0.2, -0.15) is 0 Å². The van der Waals surface area contributed by atoms with Crippen LogP contribution in [-0.2, 0) is 6.42 Å². The maximum absolute atomic E-state index is 12.6. The summed E-state index contributed by atoms with van der Waals surface area (Å²) in [6, 6.07) is 20.2. The van der Waals surface area contributed by atoms with Gasteiger partial charge in [-0.25, -0.2) is 9.97 Å². The fourth-order valence-corrected chi connectivity index (χ4v) is 3.82. The molecule has 1 aliphatic heterocycles. The second-order valence-electron chi connectivity index (χ2n) is 7.93. The Morgan fingerprint density at radius 2 is 1.77 bits per heavy atom. The summed E-state index contributed by atoms with van der Waals surface area (Å²) in [6.45, 7) is 4.16. The van der Waals surface area contributed by atoms with Crippen molar-refractivity contribution < 1.29 is 4.79 Å². The minimum atomic E-state index is -0.0393. The van der Waals surface area contributed by atoms with Crippen LogP contribution in [0.3, 0.4) is 0 Å². The Morgan fingerprint density at radius 3 is 2.50 bits per heavy atom. The first-order chi connectivity index (χ1) is 14.7. The van der Waals surface area contributed by atoms with Crippen LogP contribution in [0.15, 0.2) is 67.0 Å². The van der Waals surface area contributed by atoms with Gasteiger partial charge in [-0.05, 0) is 50.3 Å². The van der Waals surface area contributed by atoms with E-state index in [-0.39, 0.29) is 11.9 Å². The van der Waals surface area contributed by atoms with E-state index in [1.165, 1.54) is 18.4 Å². The Bertz CT molecular complexity index is 966. The highest BCUT2D eigenvalue weighted by Gasteiger charge is 2.15. The highest BCUT2D eigenvalue weighted by atomic mass is 16.1. The zero-order valence-corrected chi connectivity index (χ0v) is 17.4. The summed E-state index contributed by atoms with van der Waals surface area (Å²) >= 11 is 0. The third-order valence-corrected chi connectivity index (χ3v) is 5.61. The summed E-state index contributed by atoms with van der Waals surface area (Å²) in [5.74, 6) is 0.939. The van der Waals surface area contributed by atoms with E-state index in [1.54, 1.807) is 6.33 Å². The average Bonchev–Trinajstić information content (AvgIpc) is 3.34. The van der Waals surface area contributed by atoms with Crippen molar-refractivity contribution >= 4 is 11.7 Å². The smallest absolute Gasteiger partial charge is 0.251 e. The van der Waals surface area contributed by atoms with E-state index in [0.717, 1.165) is 43.0 Å². The number of aryl methyl sites for hydroxylation is 1. The van der Waals surface area contributed by atoms with Crippen LogP contribution < -0.4 is 10.2 Å². The Hall–Kier alpha value is -3.21. The third-order valence-electron chi connectivity index (χ3n) is 5.61. The Morgan fingerprint density at radius 1 is 1.03 bits per heavy atom. The normalized spacial score (nSPS) is 14.5. The number of nitrogens with zero attached hydrogens (tertiary/aromatic N) is 3. The molecule has 3 aromatic rings. The van der Waals surface area contributed by atoms with Gasteiger partial charge in [0.2, 0.25) is 0 Å². The standard InChI is InChI=1S/C25H28N4O/c1-19(9-10-20-7-3-2-4-8-20)28-25(30)22-13-11-21(12-14-22)23-17-24(27-18-26-23)29-15-5-6-16-29/h2-4,7-8,11-14,17-19H,5-6,9-10,15-16H2,1H3,(H,28,30)/t19-/m1/s1. The summed E-state index contributed by atoms with van der Waals surface area (Å²) in [5.41, 5.74) is 3.84. The summed E-state index contributed by atoms with van der Waals surface area (Å²) in [4.78, 5) is 23.7. The molecule has 154 valence electrons. The predicted molar refractivity (Wildman–Crippen MR) is 121 cm³/mol. The van der Waals surface area contributed by atoms with Crippen LogP contribution in [0.4, 0.5) is 5.82 Å². The van der Waals surface area contributed by atoms with Crippen LogP contribution in [0.1, 0.15) is 42.1 Å². The molecule has 5 heteroatoms. The highest BCUT2D eigenvalue weighted by Crippen LogP contribution is 2.23. The van der Waals surface area contributed by atoms with E-state index in [0.29, 0.717) is 5.56 Å². The van der Waals surface area contributed by atoms with Gasteiger partial charge in [0.25, 0.3) is 5.91 Å². The summed E-state index contributed by atoms with van der Waals surface area (Å²) < 4.78 is 0. The van der Waals surface area contributed by atoms with Crippen LogP contribution in [0.2, 0.25) is 0 Å². The topological polar surface area (TPSA) is 58.1 Å². The maximum atomic E-state index is 12.6. The molecule has 1 atom stereocenters. The molecule has 1 saturated heterocycles. The number of hydrogen-bond acceptors (Lipinski definition) is 4. The number of aromatic nitrogens is 2. The highest BCUT2D eigenvalue weighted by molar-refractivity contribution is 5.94. The molecular weight excluding hydrogens is 372 g/mol. The number of nitrogens with one attached hydrogen (secondary N) is 1. The van der Waals surface area contributed by atoms with Gasteiger partial charge < -0.3 is 10.2 Å². The first-order valence-electron chi connectivity index (χ1n) is 10.7. The number of carbonyl (C=O) groups excluding carboxylic acids is 1. The van der Waals surface area contributed by atoms with Crippen molar-refractivity contribution in [3.05, 3.63) is 78.1 Å². The molecular formula is C25H28N4O. The van der Waals surface area contributed by atoms with E-state index < -0.39 is 0 Å². The van der Waals surface area contributed by atoms with Gasteiger partial charge >= 0.3 is 0 Å². The largest absolute Gasteiger partial charge is 0.357 e. The molecule has 4 rings (SSSR count). The van der Waals surface area contributed by atoms with Crippen LogP contribution in [0.25, 0.3) is 11.3 Å². The molecule has 0 bridgehead atoms. The molecule has 5 nitrogen and oxygen atoms in total. The van der Waals surface area contributed by atoms with Crippen molar-refractivity contribution in [2.24, 2.45) is 0 Å². The van der Waals surface area contributed by atoms with Crippen LogP contribution in [-0.4, -0.2) is 35.0 Å². The lowest BCUT2D eigenvalue weighted by Crippen LogP contribution is -2.32. The van der Waals surface area contributed by atoms with Gasteiger partial charge in [-0.3, -0.25) is 4.79 Å². The molecule has 0 aliphatic carbocycles. The van der Waals surface area contributed by atoms with E-state index in [4.69, 9.17) is 0 Å². The first-order valence-corrected chi connectivity index (χ1v) is 10.7. The molecule has 1 aromatic heterocycles. The van der Waals surface area contributed by atoms with Crippen molar-refractivity contribution in [1.82, 2.24) is 15.3 Å². The van der Waals surface area contributed by atoms with Crippen molar-refractivity contribution in [2.75, 3.05) is 18.0 Å². The minimum Gasteiger partial charge on any atom is -0.357 e. The van der Waals surface area contributed by atoms with Gasteiger partial charge in [-0.1, -0.05) is 42.5 Å². The van der Waals surface area contributed by atoms with Crippen molar-refractivity contribution in [3.8, 4) is 11.3 Å². The molecule has 1 aliphatic rings. The van der Waals surface area contributed by atoms with E-state index in [9.17, 15) is 4.79 Å². The fraction of sp³-hybridized carbons (Fsp3) is 0.320. The monoisotopic (exact) mass is 400 g/mol. The Labute approximate surface area is 178 Å². The zero-order chi connectivity index (χ0) is 20.8. The molecule has 2 heterocycles. The summed E-state index contributed by atoms with van der Waals surface area (Å²) in [7, 11) is 0. The molecule has 30 heavy (non-hydrogen) atoms. The zero-order valence-electron chi connectivity index (χ0n) is 17.4. The number of hydrogen-bond donors (Lipinski definition) is 1. The molecule has 0 radical (unpaired) electrons. The Kier molecular flexibility index (Phi) is 6.38. The maximum Gasteiger partial charge on any atom is 0.251 e. The van der Waals surface area contributed by atoms with Crippen LogP contribution in [0, 0.1) is 0 Å². The SMILES string of the molecule is C[C@H](CCc1ccccc1)NC(=O)c1ccc(-c2cc(N3CCCC3)ncn2)cc1. The van der Waals surface area contributed by atoms with Crippen molar-refractivity contribution in [3.63, 3.8) is 0 Å². The van der Waals surface area contributed by atoms with Gasteiger partial charge in [0.1, 0.15) is 12.1 Å². The summed E-state index contributed by atoms with van der Waals surface area (Å²) in [6.07, 6.45) is 5.92. The fourth-order valence-electron chi connectivity index (χ4n) is 3.82. The lowest BCUT2D eigenvalue weighted by atomic mass is 10.1. The van der Waals surface area contributed by atoms with Gasteiger partial charge in [0.05, 0.1) is 5.69 Å². The molecule has 1 N–H and O–H groups in total. The number of anilines is 1. The van der Waals surface area contributed by atoms with E-state index in [2.05, 4.69) is 39.2 Å². The summed E-state index contributed by atoms with van der Waals surface area (Å²) in [5, 5.41) is 3.10. The molecule has 0 spiro atoms. The lowest BCUT2D eigenvalue weighted by molar-refractivity contribution is 0.0938. The molecule has 1 fully saturated rings. The third kappa shape index (κ3) is 5.03. The first kappa shape index (κ1) is 20.1. The molecule has 0 saturated carbocycles. The van der Waals surface area contributed by atoms with Gasteiger partial charge in [0, 0.05) is 36.3 Å². The van der Waals surface area contributed by atoms with Gasteiger partial charge in [-0.15, -0.1) is 0 Å². The number of amides is 1. The number of carbonyl (C=O) groups is 1. The van der Waals surface area contributed by atoms with Crippen molar-refractivity contribution in [2.45, 2.75) is 38.6 Å². The van der Waals surface area contributed by atoms with Crippen molar-refractivity contribution in [1.29, 1.82) is 0 Å². The second kappa shape index (κ2) is 9.53. The van der Waals surface area contributed by atoms with Crippen LogP contribution in [0.5, 0.6) is 0 Å². The minimum absolute atomic E-state index is 0.0393. The van der Waals surface area contributed by atoms with E-state index in [1.807, 2.05) is 48.5 Å². The average molecular weight is 401 g/mol. The predicted octanol–water partition coefficient (Wildman–Crippen LogP) is 4.49.